The molecule has 3 aromatic rings. The molecule has 3 aromatic heterocycles. The lowest BCUT2D eigenvalue weighted by atomic mass is 10.3. The van der Waals surface area contributed by atoms with Crippen molar-refractivity contribution in [2.24, 2.45) is 0 Å². The number of H-pyrrole nitrogens is 1. The van der Waals surface area contributed by atoms with E-state index in [0.717, 1.165) is 22.1 Å². The minimum absolute atomic E-state index is 0.0867. The van der Waals surface area contributed by atoms with Crippen molar-refractivity contribution < 1.29 is 0 Å². The minimum atomic E-state index is 0.0867. The van der Waals surface area contributed by atoms with Crippen LogP contribution in [0.2, 0.25) is 0 Å². The molecule has 1 unspecified atom stereocenters. The molecule has 1 N–H and O–H groups in total. The number of rotatable bonds is 4. The average molecular weight is 322 g/mol. The summed E-state index contributed by atoms with van der Waals surface area (Å²) in [5, 5.41) is 10.4. The van der Waals surface area contributed by atoms with Crippen LogP contribution in [0.1, 0.15) is 29.8 Å². The molecule has 0 spiro atoms. The first-order chi connectivity index (χ1) is 9.70. The molecule has 1 atom stereocenters. The van der Waals surface area contributed by atoms with Crippen molar-refractivity contribution in [1.82, 2.24) is 19.7 Å². The Bertz CT molecular complexity index is 751. The molecule has 3 heterocycles. The van der Waals surface area contributed by atoms with Crippen LogP contribution in [0, 0.1) is 4.77 Å². The van der Waals surface area contributed by atoms with Gasteiger partial charge in [0.1, 0.15) is 5.01 Å². The molecule has 3 rings (SSSR count). The van der Waals surface area contributed by atoms with Crippen LogP contribution in [0.3, 0.4) is 0 Å². The molecule has 0 aromatic carbocycles. The average Bonchev–Trinajstić information content (AvgIpc) is 3.18. The van der Waals surface area contributed by atoms with Crippen LogP contribution in [0.25, 0.3) is 10.7 Å². The molecule has 0 aliphatic heterocycles. The summed E-state index contributed by atoms with van der Waals surface area (Å²) >= 11 is 8.78. The molecule has 0 aliphatic rings. The van der Waals surface area contributed by atoms with E-state index in [1.165, 1.54) is 4.88 Å². The number of aromatic nitrogens is 4. The fourth-order valence-corrected chi connectivity index (χ4v) is 3.93. The van der Waals surface area contributed by atoms with Crippen molar-refractivity contribution in [3.05, 3.63) is 38.4 Å². The van der Waals surface area contributed by atoms with Crippen LogP contribution in [0.5, 0.6) is 0 Å². The van der Waals surface area contributed by atoms with Crippen molar-refractivity contribution in [2.75, 3.05) is 0 Å². The molecule has 20 heavy (non-hydrogen) atoms. The number of thiophene rings is 1. The quantitative estimate of drug-likeness (QED) is 0.729. The van der Waals surface area contributed by atoms with Crippen molar-refractivity contribution in [2.45, 2.75) is 26.3 Å². The third-order valence-corrected chi connectivity index (χ3v) is 5.58. The largest absolute Gasteiger partial charge is 0.290 e. The smallest absolute Gasteiger partial charge is 0.196 e. The zero-order valence-electron chi connectivity index (χ0n) is 11.2. The Morgan fingerprint density at radius 2 is 2.35 bits per heavy atom. The normalized spacial score (nSPS) is 12.7. The number of hydrogen-bond acceptors (Lipinski definition) is 5. The first-order valence-corrected chi connectivity index (χ1v) is 8.46. The third-order valence-electron chi connectivity index (χ3n) is 3.11. The summed E-state index contributed by atoms with van der Waals surface area (Å²) in [6, 6.07) is 4.16. The van der Waals surface area contributed by atoms with Gasteiger partial charge in [0.15, 0.2) is 10.6 Å². The topological polar surface area (TPSA) is 46.5 Å². The Balaban J connectivity index is 2.05. The molecular formula is C13H14N4S3. The first-order valence-electron chi connectivity index (χ1n) is 6.36. The van der Waals surface area contributed by atoms with Crippen LogP contribution in [-0.4, -0.2) is 19.7 Å². The van der Waals surface area contributed by atoms with Gasteiger partial charge in [-0.05, 0) is 37.0 Å². The van der Waals surface area contributed by atoms with E-state index in [-0.39, 0.29) is 6.04 Å². The third kappa shape index (κ3) is 2.36. The van der Waals surface area contributed by atoms with Gasteiger partial charge in [0.25, 0.3) is 0 Å². The SMILES string of the molecule is CCc1cnc(C(C)n2c(-c3cccs3)n[nH]c2=S)s1. The number of aromatic amines is 1. The van der Waals surface area contributed by atoms with Gasteiger partial charge in [-0.2, -0.15) is 5.10 Å². The fourth-order valence-electron chi connectivity index (χ4n) is 2.03. The van der Waals surface area contributed by atoms with Gasteiger partial charge < -0.3 is 0 Å². The molecular weight excluding hydrogens is 308 g/mol. The predicted molar refractivity (Wildman–Crippen MR) is 86.0 cm³/mol. The van der Waals surface area contributed by atoms with Gasteiger partial charge in [0.2, 0.25) is 0 Å². The standard InChI is InChI=1S/C13H14N4S3/c1-3-9-7-14-12(20-9)8(2)17-11(15-16-13(17)18)10-5-4-6-19-10/h4-8H,3H2,1-2H3,(H,16,18). The summed E-state index contributed by atoms with van der Waals surface area (Å²) in [5.41, 5.74) is 0. The van der Waals surface area contributed by atoms with E-state index in [1.54, 1.807) is 22.7 Å². The summed E-state index contributed by atoms with van der Waals surface area (Å²) in [7, 11) is 0. The van der Waals surface area contributed by atoms with Crippen molar-refractivity contribution in [3.8, 4) is 10.7 Å². The van der Waals surface area contributed by atoms with E-state index in [4.69, 9.17) is 12.2 Å². The molecule has 0 saturated carbocycles. The molecule has 104 valence electrons. The highest BCUT2D eigenvalue weighted by molar-refractivity contribution is 7.71. The molecule has 4 nitrogen and oxygen atoms in total. The Morgan fingerprint density at radius 3 is 3.00 bits per heavy atom. The highest BCUT2D eigenvalue weighted by Crippen LogP contribution is 2.30. The maximum atomic E-state index is 5.38. The molecule has 0 amide bonds. The van der Waals surface area contributed by atoms with E-state index < -0.39 is 0 Å². The van der Waals surface area contributed by atoms with Crippen LogP contribution >= 0.6 is 34.9 Å². The van der Waals surface area contributed by atoms with Crippen molar-refractivity contribution >= 4 is 34.9 Å². The molecule has 7 heteroatoms. The maximum absolute atomic E-state index is 5.38. The van der Waals surface area contributed by atoms with Gasteiger partial charge in [-0.1, -0.05) is 13.0 Å². The van der Waals surface area contributed by atoms with Gasteiger partial charge in [0, 0.05) is 11.1 Å². The second-order valence-electron chi connectivity index (χ2n) is 4.39. The number of nitrogens with one attached hydrogen (secondary N) is 1. The summed E-state index contributed by atoms with van der Waals surface area (Å²) in [5.74, 6) is 0.880. The summed E-state index contributed by atoms with van der Waals surface area (Å²) in [4.78, 5) is 6.92. The summed E-state index contributed by atoms with van der Waals surface area (Å²) < 4.78 is 2.67. The summed E-state index contributed by atoms with van der Waals surface area (Å²) in [6.07, 6.45) is 2.96. The molecule has 0 fully saturated rings. The summed E-state index contributed by atoms with van der Waals surface area (Å²) in [6.45, 7) is 4.25. The van der Waals surface area contributed by atoms with Gasteiger partial charge in [-0.15, -0.1) is 22.7 Å². The molecule has 0 radical (unpaired) electrons. The van der Waals surface area contributed by atoms with Gasteiger partial charge in [-0.25, -0.2) is 4.98 Å². The zero-order valence-corrected chi connectivity index (χ0v) is 13.6. The van der Waals surface area contributed by atoms with E-state index in [1.807, 2.05) is 22.2 Å². The molecule has 0 aliphatic carbocycles. The van der Waals surface area contributed by atoms with Gasteiger partial charge in [0.05, 0.1) is 10.9 Å². The molecule has 0 saturated heterocycles. The number of thiazole rings is 1. The van der Waals surface area contributed by atoms with Gasteiger partial charge in [-0.3, -0.25) is 9.67 Å². The fraction of sp³-hybridized carbons (Fsp3) is 0.308. The monoisotopic (exact) mass is 322 g/mol. The molecule has 0 bridgehead atoms. The van der Waals surface area contributed by atoms with Crippen molar-refractivity contribution in [1.29, 1.82) is 0 Å². The van der Waals surface area contributed by atoms with Gasteiger partial charge >= 0.3 is 0 Å². The first kappa shape index (κ1) is 13.7. The second kappa shape index (κ2) is 5.59. The van der Waals surface area contributed by atoms with Crippen LogP contribution < -0.4 is 0 Å². The van der Waals surface area contributed by atoms with E-state index >= 15 is 0 Å². The van der Waals surface area contributed by atoms with E-state index in [2.05, 4.69) is 35.1 Å². The predicted octanol–water partition coefficient (Wildman–Crippen LogP) is 4.30. The number of nitrogens with zero attached hydrogens (tertiary/aromatic N) is 3. The van der Waals surface area contributed by atoms with Crippen LogP contribution in [0.15, 0.2) is 23.7 Å². The lowest BCUT2D eigenvalue weighted by molar-refractivity contribution is 0.631. The number of hydrogen-bond donors (Lipinski definition) is 1. The minimum Gasteiger partial charge on any atom is -0.290 e. The zero-order chi connectivity index (χ0) is 14.1. The van der Waals surface area contributed by atoms with Crippen LogP contribution in [-0.2, 0) is 6.42 Å². The second-order valence-corrected chi connectivity index (χ2v) is 6.88. The Labute approximate surface area is 130 Å². The van der Waals surface area contributed by atoms with Crippen molar-refractivity contribution in [3.63, 3.8) is 0 Å². The maximum Gasteiger partial charge on any atom is 0.196 e. The van der Waals surface area contributed by atoms with E-state index in [0.29, 0.717) is 4.77 Å². The van der Waals surface area contributed by atoms with Crippen LogP contribution in [0.4, 0.5) is 0 Å². The lowest BCUT2D eigenvalue weighted by Gasteiger charge is -2.12. The Kier molecular flexibility index (Phi) is 3.82. The Hall–Kier alpha value is -1.31. The lowest BCUT2D eigenvalue weighted by Crippen LogP contribution is -2.08. The highest BCUT2D eigenvalue weighted by Gasteiger charge is 2.19. The van der Waals surface area contributed by atoms with E-state index in [9.17, 15) is 0 Å². The number of aryl methyl sites for hydroxylation is 1. The highest BCUT2D eigenvalue weighted by atomic mass is 32.1. The Morgan fingerprint density at radius 1 is 1.50 bits per heavy atom.